The Bertz CT molecular complexity index is 927. The first-order valence-corrected chi connectivity index (χ1v) is 12.3. The predicted molar refractivity (Wildman–Crippen MR) is 116 cm³/mol. The number of fused-ring (bicyclic) bond motifs is 2. The van der Waals surface area contributed by atoms with Crippen LogP contribution in [0.5, 0.6) is 0 Å². The molecule has 1 aromatic rings. The molecule has 1 radical (unpaired) electrons. The average molecular weight is 459 g/mol. The van der Waals surface area contributed by atoms with Gasteiger partial charge in [0, 0.05) is 75.6 Å². The van der Waals surface area contributed by atoms with Crippen LogP contribution < -0.4 is 10.0 Å². The molecule has 2 heterocycles. The van der Waals surface area contributed by atoms with E-state index < -0.39 is 16.1 Å². The van der Waals surface area contributed by atoms with E-state index in [1.165, 1.54) is 22.3 Å². The SMILES string of the molecule is CN1CC2(COC(CS(=O)(=O)NC(=O)Nc3c4c(cc5c3CCC5)CCC4)C2)C1.[K]. The molecule has 2 aliphatic carbocycles. The van der Waals surface area contributed by atoms with Crippen LogP contribution in [0.25, 0.3) is 0 Å². The second-order valence-corrected chi connectivity index (χ2v) is 11.1. The standard InChI is InChI=1S/C21H29N3O4S.K/c1-24-11-21(12-24)9-16(28-13-21)10-29(26,27)23-20(25)22-19-17-6-2-4-14(17)8-15-5-3-7-18(15)19;/h8,16H,2-7,9-13H2,1H3,(H2,22,23,25);. The van der Waals surface area contributed by atoms with Crippen LogP contribution in [0.2, 0.25) is 0 Å². The van der Waals surface area contributed by atoms with Gasteiger partial charge in [-0.2, -0.15) is 0 Å². The Morgan fingerprint density at radius 1 is 1.17 bits per heavy atom. The van der Waals surface area contributed by atoms with Crippen LogP contribution in [-0.2, 0) is 40.4 Å². The van der Waals surface area contributed by atoms with Crippen molar-refractivity contribution < 1.29 is 17.9 Å². The third-order valence-electron chi connectivity index (χ3n) is 6.86. The van der Waals surface area contributed by atoms with Crippen molar-refractivity contribution in [3.63, 3.8) is 0 Å². The van der Waals surface area contributed by atoms with Crippen molar-refractivity contribution in [1.82, 2.24) is 9.62 Å². The normalized spacial score (nSPS) is 24.1. The van der Waals surface area contributed by atoms with Crippen LogP contribution in [0.4, 0.5) is 10.5 Å². The summed E-state index contributed by atoms with van der Waals surface area (Å²) in [5.41, 5.74) is 5.94. The number of urea groups is 1. The van der Waals surface area contributed by atoms with Crippen LogP contribution in [0.15, 0.2) is 6.07 Å². The second-order valence-electron chi connectivity index (χ2n) is 9.38. The molecule has 159 valence electrons. The van der Waals surface area contributed by atoms with Crippen molar-refractivity contribution >= 4 is 73.1 Å². The molecule has 0 saturated carbocycles. The van der Waals surface area contributed by atoms with E-state index in [-0.39, 0.29) is 68.7 Å². The van der Waals surface area contributed by atoms with Gasteiger partial charge in [-0.15, -0.1) is 0 Å². The Labute approximate surface area is 221 Å². The van der Waals surface area contributed by atoms with E-state index >= 15 is 0 Å². The number of carbonyl (C=O) groups is 1. The van der Waals surface area contributed by atoms with Crippen LogP contribution in [0, 0.1) is 5.41 Å². The van der Waals surface area contributed by atoms with E-state index in [0.29, 0.717) is 6.61 Å². The molecule has 0 aromatic heterocycles. The largest absolute Gasteiger partial charge is 0.376 e. The molecule has 7 nitrogen and oxygen atoms in total. The number of likely N-dealkylation sites (tertiary alicyclic amines) is 1. The predicted octanol–water partition coefficient (Wildman–Crippen LogP) is 1.46. The molecule has 30 heavy (non-hydrogen) atoms. The van der Waals surface area contributed by atoms with Crippen molar-refractivity contribution in [1.29, 1.82) is 0 Å². The Kier molecular flexibility index (Phi) is 6.75. The summed E-state index contributed by atoms with van der Waals surface area (Å²) in [6.07, 6.45) is 6.51. The number of nitrogens with zero attached hydrogens (tertiary/aromatic N) is 1. The van der Waals surface area contributed by atoms with Crippen LogP contribution in [0.1, 0.15) is 41.5 Å². The Morgan fingerprint density at radius 3 is 2.40 bits per heavy atom. The third kappa shape index (κ3) is 4.55. The maximum Gasteiger partial charge on any atom is 0.332 e. The van der Waals surface area contributed by atoms with Crippen molar-refractivity contribution in [3.8, 4) is 0 Å². The number of hydrogen-bond donors (Lipinski definition) is 2. The van der Waals surface area contributed by atoms with Gasteiger partial charge < -0.3 is 15.0 Å². The molecule has 4 aliphatic rings. The molecule has 2 saturated heterocycles. The third-order valence-corrected chi connectivity index (χ3v) is 8.17. The molecule has 0 bridgehead atoms. The van der Waals surface area contributed by atoms with Gasteiger partial charge in [-0.3, -0.25) is 0 Å². The summed E-state index contributed by atoms with van der Waals surface area (Å²) in [4.78, 5) is 14.8. The van der Waals surface area contributed by atoms with Gasteiger partial charge in [0.2, 0.25) is 10.0 Å². The minimum atomic E-state index is -3.76. The molecule has 1 unspecified atom stereocenters. The number of nitrogens with one attached hydrogen (secondary N) is 2. The zero-order chi connectivity index (χ0) is 20.2. The van der Waals surface area contributed by atoms with Crippen LogP contribution in [-0.4, -0.2) is 109 Å². The summed E-state index contributed by atoms with van der Waals surface area (Å²) >= 11 is 0. The molecule has 1 aromatic carbocycles. The average Bonchev–Trinajstić information content (AvgIpc) is 3.32. The van der Waals surface area contributed by atoms with E-state index in [1.54, 1.807) is 0 Å². The van der Waals surface area contributed by atoms with Gasteiger partial charge in [0.1, 0.15) is 0 Å². The fourth-order valence-corrected chi connectivity index (χ4v) is 6.98. The number of amides is 2. The molecule has 2 aliphatic heterocycles. The number of benzene rings is 1. The fourth-order valence-electron chi connectivity index (χ4n) is 5.86. The number of sulfonamides is 1. The van der Waals surface area contributed by atoms with E-state index in [4.69, 9.17) is 4.74 Å². The van der Waals surface area contributed by atoms with Crippen molar-refractivity contribution in [2.75, 3.05) is 37.8 Å². The molecule has 2 amide bonds. The maximum absolute atomic E-state index is 12.6. The zero-order valence-corrected chi connectivity index (χ0v) is 21.9. The molecule has 2 N–H and O–H groups in total. The molecule has 1 atom stereocenters. The van der Waals surface area contributed by atoms with Gasteiger partial charge in [0.05, 0.1) is 18.5 Å². The molecule has 2 fully saturated rings. The monoisotopic (exact) mass is 458 g/mol. The summed E-state index contributed by atoms with van der Waals surface area (Å²) < 4.78 is 33.1. The van der Waals surface area contributed by atoms with Crippen molar-refractivity contribution in [2.24, 2.45) is 5.41 Å². The zero-order valence-electron chi connectivity index (χ0n) is 17.9. The summed E-state index contributed by atoms with van der Waals surface area (Å²) in [6, 6.07) is 1.63. The number of anilines is 1. The van der Waals surface area contributed by atoms with Gasteiger partial charge in [-0.05, 0) is 74.2 Å². The molecular weight excluding hydrogens is 429 g/mol. The van der Waals surface area contributed by atoms with E-state index in [9.17, 15) is 13.2 Å². The Morgan fingerprint density at radius 2 is 1.80 bits per heavy atom. The Balaban J connectivity index is 0.00000218. The van der Waals surface area contributed by atoms with E-state index in [2.05, 4.69) is 28.1 Å². The Hall–Kier alpha value is -0.00364. The minimum Gasteiger partial charge on any atom is -0.376 e. The number of ether oxygens (including phenoxy) is 1. The minimum absolute atomic E-state index is 0. The summed E-state index contributed by atoms with van der Waals surface area (Å²) in [7, 11) is -1.71. The topological polar surface area (TPSA) is 87.7 Å². The number of aryl methyl sites for hydroxylation is 2. The first kappa shape index (κ1) is 23.2. The van der Waals surface area contributed by atoms with Gasteiger partial charge in [0.25, 0.3) is 0 Å². The first-order chi connectivity index (χ1) is 13.8. The van der Waals surface area contributed by atoms with Gasteiger partial charge in [-0.1, -0.05) is 6.07 Å². The van der Waals surface area contributed by atoms with E-state index in [0.717, 1.165) is 63.7 Å². The van der Waals surface area contributed by atoms with Crippen LogP contribution >= 0.6 is 0 Å². The molecule has 5 rings (SSSR count). The number of carbonyl (C=O) groups excluding carboxylic acids is 1. The second kappa shape index (κ2) is 8.74. The summed E-state index contributed by atoms with van der Waals surface area (Å²) in [6.45, 7) is 2.50. The smallest absolute Gasteiger partial charge is 0.332 e. The van der Waals surface area contributed by atoms with Gasteiger partial charge in [-0.25, -0.2) is 17.9 Å². The first-order valence-electron chi connectivity index (χ1n) is 10.6. The van der Waals surface area contributed by atoms with Crippen LogP contribution in [0.3, 0.4) is 0 Å². The molecule has 9 heteroatoms. The maximum atomic E-state index is 12.6. The quantitative estimate of drug-likeness (QED) is 0.667. The molecular formula is C21H29KN3O4S. The van der Waals surface area contributed by atoms with Crippen molar-refractivity contribution in [2.45, 2.75) is 51.0 Å². The fraction of sp³-hybridized carbons (Fsp3) is 0.667. The number of rotatable bonds is 4. The summed E-state index contributed by atoms with van der Waals surface area (Å²) in [5, 5.41) is 2.89. The van der Waals surface area contributed by atoms with Gasteiger partial charge in [0.15, 0.2) is 0 Å². The van der Waals surface area contributed by atoms with E-state index in [1.807, 2.05) is 0 Å². The molecule has 1 spiro atoms. The summed E-state index contributed by atoms with van der Waals surface area (Å²) in [5.74, 6) is -0.170. The number of hydrogen-bond acceptors (Lipinski definition) is 5. The van der Waals surface area contributed by atoms with Gasteiger partial charge >= 0.3 is 6.03 Å². The van der Waals surface area contributed by atoms with Crippen molar-refractivity contribution in [3.05, 3.63) is 28.3 Å².